The second-order valence-electron chi connectivity index (χ2n) is 5.41. The Balaban J connectivity index is 2.08. The Kier molecular flexibility index (Phi) is 3.76. The van der Waals surface area contributed by atoms with Crippen molar-refractivity contribution in [1.82, 2.24) is 4.90 Å². The van der Waals surface area contributed by atoms with Crippen molar-refractivity contribution >= 4 is 5.91 Å². The third-order valence-electron chi connectivity index (χ3n) is 4.10. The van der Waals surface area contributed by atoms with E-state index in [-0.39, 0.29) is 11.8 Å². The number of nitrogens with zero attached hydrogens (tertiary/aromatic N) is 2. The van der Waals surface area contributed by atoms with Crippen molar-refractivity contribution in [2.45, 2.75) is 12.5 Å². The quantitative estimate of drug-likeness (QED) is 0.796. The van der Waals surface area contributed by atoms with Crippen LogP contribution in [0.25, 0.3) is 0 Å². The first kappa shape index (κ1) is 14.1. The minimum absolute atomic E-state index is 0.0751. The summed E-state index contributed by atoms with van der Waals surface area (Å²) < 4.78 is 0. The SMILES string of the molecule is C=CC(=O)N1Cc2cc(C#N)ccc2[C@H](c2ccccc2)C1. The molecule has 1 heterocycles. The molecule has 1 amide bonds. The molecule has 0 fully saturated rings. The monoisotopic (exact) mass is 288 g/mol. The third-order valence-corrected chi connectivity index (χ3v) is 4.10. The molecule has 0 aromatic heterocycles. The summed E-state index contributed by atoms with van der Waals surface area (Å²) in [5.41, 5.74) is 4.03. The van der Waals surface area contributed by atoms with Crippen molar-refractivity contribution in [2.75, 3.05) is 6.54 Å². The van der Waals surface area contributed by atoms with E-state index in [9.17, 15) is 4.79 Å². The Labute approximate surface area is 130 Å². The molecule has 0 N–H and O–H groups in total. The van der Waals surface area contributed by atoms with Crippen LogP contribution in [0, 0.1) is 11.3 Å². The van der Waals surface area contributed by atoms with Gasteiger partial charge in [-0.15, -0.1) is 0 Å². The van der Waals surface area contributed by atoms with E-state index in [0.29, 0.717) is 18.7 Å². The van der Waals surface area contributed by atoms with Gasteiger partial charge in [0.15, 0.2) is 0 Å². The lowest BCUT2D eigenvalue weighted by molar-refractivity contribution is -0.127. The maximum absolute atomic E-state index is 12.1. The minimum atomic E-state index is -0.0751. The Hall–Kier alpha value is -2.86. The number of benzene rings is 2. The zero-order valence-corrected chi connectivity index (χ0v) is 12.2. The van der Waals surface area contributed by atoms with Crippen LogP contribution in [0.4, 0.5) is 0 Å². The molecule has 22 heavy (non-hydrogen) atoms. The summed E-state index contributed by atoms with van der Waals surface area (Å²) in [6, 6.07) is 18.1. The van der Waals surface area contributed by atoms with Gasteiger partial charge in [-0.3, -0.25) is 4.79 Å². The standard InChI is InChI=1S/C19H16N2O/c1-2-19(22)21-12-16-10-14(11-20)8-9-17(16)18(13-21)15-6-4-3-5-7-15/h2-10,18H,1,12-13H2/t18-/m0/s1. The van der Waals surface area contributed by atoms with Gasteiger partial charge in [0.2, 0.25) is 5.91 Å². The molecule has 2 aromatic carbocycles. The van der Waals surface area contributed by atoms with Gasteiger partial charge in [0, 0.05) is 19.0 Å². The van der Waals surface area contributed by atoms with Crippen LogP contribution >= 0.6 is 0 Å². The van der Waals surface area contributed by atoms with Crippen LogP contribution in [-0.2, 0) is 11.3 Å². The number of rotatable bonds is 2. The summed E-state index contributed by atoms with van der Waals surface area (Å²) in [5.74, 6) is 0.0514. The Morgan fingerprint density at radius 3 is 2.73 bits per heavy atom. The van der Waals surface area contributed by atoms with E-state index in [1.165, 1.54) is 17.2 Å². The van der Waals surface area contributed by atoms with E-state index in [0.717, 1.165) is 5.56 Å². The summed E-state index contributed by atoms with van der Waals surface area (Å²) in [4.78, 5) is 13.8. The smallest absolute Gasteiger partial charge is 0.246 e. The Morgan fingerprint density at radius 2 is 2.05 bits per heavy atom. The number of fused-ring (bicyclic) bond motifs is 1. The van der Waals surface area contributed by atoms with E-state index in [1.807, 2.05) is 36.4 Å². The van der Waals surface area contributed by atoms with Crippen molar-refractivity contribution in [3.63, 3.8) is 0 Å². The summed E-state index contributed by atoms with van der Waals surface area (Å²) in [6.07, 6.45) is 1.35. The zero-order chi connectivity index (χ0) is 15.5. The number of carbonyl (C=O) groups excluding carboxylic acids is 1. The second kappa shape index (κ2) is 5.87. The first-order valence-corrected chi connectivity index (χ1v) is 7.22. The fraction of sp³-hybridized carbons (Fsp3) is 0.158. The summed E-state index contributed by atoms with van der Waals surface area (Å²) in [7, 11) is 0. The summed E-state index contributed by atoms with van der Waals surface area (Å²) >= 11 is 0. The van der Waals surface area contributed by atoms with Crippen molar-refractivity contribution in [3.05, 3.63) is 83.4 Å². The molecule has 0 bridgehead atoms. The molecule has 3 rings (SSSR count). The first-order chi connectivity index (χ1) is 10.7. The van der Waals surface area contributed by atoms with Crippen LogP contribution in [-0.4, -0.2) is 17.4 Å². The Bertz CT molecular complexity index is 759. The average molecular weight is 288 g/mol. The Morgan fingerprint density at radius 1 is 1.27 bits per heavy atom. The summed E-state index contributed by atoms with van der Waals surface area (Å²) in [5, 5.41) is 9.10. The van der Waals surface area contributed by atoms with Gasteiger partial charge in [-0.25, -0.2) is 0 Å². The van der Waals surface area contributed by atoms with Gasteiger partial charge in [-0.05, 0) is 34.9 Å². The molecule has 0 radical (unpaired) electrons. The molecular weight excluding hydrogens is 272 g/mol. The molecule has 2 aromatic rings. The number of hydrogen-bond acceptors (Lipinski definition) is 2. The fourth-order valence-corrected chi connectivity index (χ4v) is 3.01. The van der Waals surface area contributed by atoms with Crippen LogP contribution < -0.4 is 0 Å². The average Bonchev–Trinajstić information content (AvgIpc) is 2.60. The van der Waals surface area contributed by atoms with Crippen molar-refractivity contribution < 1.29 is 4.79 Å². The van der Waals surface area contributed by atoms with Crippen LogP contribution in [0.5, 0.6) is 0 Å². The highest BCUT2D eigenvalue weighted by molar-refractivity contribution is 5.87. The van der Waals surface area contributed by atoms with Crippen LogP contribution in [0.1, 0.15) is 28.2 Å². The predicted molar refractivity (Wildman–Crippen MR) is 85.1 cm³/mol. The van der Waals surface area contributed by atoms with Gasteiger partial charge in [-0.1, -0.05) is 43.0 Å². The molecule has 0 unspecified atom stereocenters. The van der Waals surface area contributed by atoms with Crippen molar-refractivity contribution in [2.24, 2.45) is 0 Å². The van der Waals surface area contributed by atoms with Crippen LogP contribution in [0.15, 0.2) is 61.2 Å². The third kappa shape index (κ3) is 2.51. The topological polar surface area (TPSA) is 44.1 Å². The number of amides is 1. The lowest BCUT2D eigenvalue weighted by Gasteiger charge is -2.34. The van der Waals surface area contributed by atoms with Crippen LogP contribution in [0.3, 0.4) is 0 Å². The number of nitriles is 1. The lowest BCUT2D eigenvalue weighted by Crippen LogP contribution is -2.37. The van der Waals surface area contributed by atoms with E-state index < -0.39 is 0 Å². The fourth-order valence-electron chi connectivity index (χ4n) is 3.01. The molecule has 1 aliphatic heterocycles. The van der Waals surface area contributed by atoms with Crippen molar-refractivity contribution in [1.29, 1.82) is 5.26 Å². The maximum atomic E-state index is 12.1. The van der Waals surface area contributed by atoms with E-state index in [4.69, 9.17) is 5.26 Å². The van der Waals surface area contributed by atoms with Gasteiger partial charge >= 0.3 is 0 Å². The number of hydrogen-bond donors (Lipinski definition) is 0. The highest BCUT2D eigenvalue weighted by atomic mass is 16.2. The van der Waals surface area contributed by atoms with Gasteiger partial charge in [0.1, 0.15) is 0 Å². The second-order valence-corrected chi connectivity index (χ2v) is 5.41. The lowest BCUT2D eigenvalue weighted by atomic mass is 9.84. The molecule has 1 atom stereocenters. The highest BCUT2D eigenvalue weighted by Gasteiger charge is 2.28. The van der Waals surface area contributed by atoms with Gasteiger partial charge in [0.05, 0.1) is 11.6 Å². The molecule has 3 heteroatoms. The molecule has 0 saturated heterocycles. The molecule has 3 nitrogen and oxygen atoms in total. The zero-order valence-electron chi connectivity index (χ0n) is 12.2. The van der Waals surface area contributed by atoms with Gasteiger partial charge < -0.3 is 4.90 Å². The van der Waals surface area contributed by atoms with E-state index >= 15 is 0 Å². The summed E-state index contributed by atoms with van der Waals surface area (Å²) in [6.45, 7) is 4.74. The molecule has 108 valence electrons. The van der Waals surface area contributed by atoms with E-state index in [1.54, 1.807) is 4.90 Å². The molecule has 1 aliphatic rings. The van der Waals surface area contributed by atoms with E-state index in [2.05, 4.69) is 24.8 Å². The highest BCUT2D eigenvalue weighted by Crippen LogP contribution is 2.34. The van der Waals surface area contributed by atoms with Crippen molar-refractivity contribution in [3.8, 4) is 6.07 Å². The largest absolute Gasteiger partial charge is 0.334 e. The van der Waals surface area contributed by atoms with Gasteiger partial charge in [0.25, 0.3) is 0 Å². The minimum Gasteiger partial charge on any atom is -0.334 e. The predicted octanol–water partition coefficient (Wildman–Crippen LogP) is 3.22. The van der Waals surface area contributed by atoms with Crippen LogP contribution in [0.2, 0.25) is 0 Å². The molecular formula is C19H16N2O. The maximum Gasteiger partial charge on any atom is 0.246 e. The normalized spacial score (nSPS) is 16.5. The van der Waals surface area contributed by atoms with Gasteiger partial charge in [-0.2, -0.15) is 5.26 Å². The molecule has 0 spiro atoms. The number of carbonyl (C=O) groups is 1. The molecule has 0 aliphatic carbocycles. The molecule has 0 saturated carbocycles. The first-order valence-electron chi connectivity index (χ1n) is 7.22.